The van der Waals surface area contributed by atoms with Crippen molar-refractivity contribution in [3.8, 4) is 0 Å². The van der Waals surface area contributed by atoms with E-state index < -0.39 is 16.4 Å². The van der Waals surface area contributed by atoms with Crippen molar-refractivity contribution in [1.82, 2.24) is 4.90 Å². The molecule has 0 amide bonds. The van der Waals surface area contributed by atoms with Gasteiger partial charge in [0.2, 0.25) is 5.82 Å². The van der Waals surface area contributed by atoms with Crippen LogP contribution in [0, 0.1) is 21.8 Å². The van der Waals surface area contributed by atoms with Gasteiger partial charge in [-0.05, 0) is 25.3 Å². The van der Waals surface area contributed by atoms with E-state index in [0.29, 0.717) is 24.6 Å². The number of hydrogen-bond acceptors (Lipinski definition) is 4. The number of benzene rings is 1. The molecule has 2 rings (SSSR count). The quantitative estimate of drug-likeness (QED) is 0.679. The van der Waals surface area contributed by atoms with E-state index >= 15 is 0 Å². The smallest absolute Gasteiger partial charge is 0.305 e. The highest BCUT2D eigenvalue weighted by atomic mass is 19.1. The number of hydrogen-bond donors (Lipinski definition) is 1. The number of nitrogens with zero attached hydrogens (tertiary/aromatic N) is 2. The maximum Gasteiger partial charge on any atom is 0.305 e. The molecule has 0 aliphatic carbocycles. The summed E-state index contributed by atoms with van der Waals surface area (Å²) in [4.78, 5) is 12.2. The first-order valence-electron chi connectivity index (χ1n) is 6.88. The molecular formula is C14H20FN3O2. The average molecular weight is 281 g/mol. The van der Waals surface area contributed by atoms with E-state index in [-0.39, 0.29) is 6.04 Å². The van der Waals surface area contributed by atoms with Crippen LogP contribution in [0.1, 0.15) is 25.3 Å². The maximum atomic E-state index is 14.1. The lowest BCUT2D eigenvalue weighted by atomic mass is 9.92. The number of nitrogens with two attached hydrogens (primary N) is 1. The van der Waals surface area contributed by atoms with Crippen LogP contribution in [0.2, 0.25) is 0 Å². The zero-order valence-corrected chi connectivity index (χ0v) is 11.6. The summed E-state index contributed by atoms with van der Waals surface area (Å²) in [5.74, 6) is -0.110. The molecule has 1 heterocycles. The van der Waals surface area contributed by atoms with Crippen molar-refractivity contribution >= 4 is 5.69 Å². The minimum absolute atomic E-state index is 0.220. The minimum atomic E-state index is -0.730. The van der Waals surface area contributed by atoms with Crippen LogP contribution < -0.4 is 5.73 Å². The van der Waals surface area contributed by atoms with Crippen LogP contribution >= 0.6 is 0 Å². The Hall–Kier alpha value is -1.53. The van der Waals surface area contributed by atoms with E-state index in [9.17, 15) is 14.5 Å². The van der Waals surface area contributed by atoms with Crippen LogP contribution in [0.3, 0.4) is 0 Å². The molecular weight excluding hydrogens is 261 g/mol. The Morgan fingerprint density at radius 3 is 2.95 bits per heavy atom. The number of halogens is 1. The number of likely N-dealkylation sites (tertiary alicyclic amines) is 1. The van der Waals surface area contributed by atoms with Crippen molar-refractivity contribution in [3.63, 3.8) is 0 Å². The van der Waals surface area contributed by atoms with Crippen LogP contribution in [0.15, 0.2) is 18.2 Å². The van der Waals surface area contributed by atoms with E-state index in [0.717, 1.165) is 19.4 Å². The van der Waals surface area contributed by atoms with Crippen LogP contribution in [-0.2, 0) is 6.54 Å². The summed E-state index contributed by atoms with van der Waals surface area (Å²) in [6, 6.07) is 4.55. The van der Waals surface area contributed by atoms with Crippen molar-refractivity contribution in [2.45, 2.75) is 32.4 Å². The molecule has 2 N–H and O–H groups in total. The van der Waals surface area contributed by atoms with Crippen LogP contribution in [-0.4, -0.2) is 29.0 Å². The number of rotatable bonds is 4. The predicted molar refractivity (Wildman–Crippen MR) is 74.7 cm³/mol. The standard InChI is InChI=1S/C14H20FN3O2/c1-10-5-6-17(12(7-10)8-16)9-11-3-2-4-13(14(11)15)18(19)20/h2-4,10,12H,5-9,16H2,1H3. The second-order valence-corrected chi connectivity index (χ2v) is 5.50. The normalized spacial score (nSPS) is 23.8. The molecule has 1 aliphatic heterocycles. The highest BCUT2D eigenvalue weighted by Crippen LogP contribution is 2.26. The second-order valence-electron chi connectivity index (χ2n) is 5.50. The highest BCUT2D eigenvalue weighted by Gasteiger charge is 2.27. The highest BCUT2D eigenvalue weighted by molar-refractivity contribution is 5.36. The molecule has 0 spiro atoms. The molecule has 0 bridgehead atoms. The molecule has 110 valence electrons. The van der Waals surface area contributed by atoms with Gasteiger partial charge in [0.1, 0.15) is 0 Å². The maximum absolute atomic E-state index is 14.1. The third-order valence-corrected chi connectivity index (χ3v) is 4.00. The number of piperidine rings is 1. The summed E-state index contributed by atoms with van der Waals surface area (Å²) in [6.45, 7) is 3.95. The van der Waals surface area contributed by atoms with E-state index in [1.165, 1.54) is 12.1 Å². The summed E-state index contributed by atoms with van der Waals surface area (Å²) >= 11 is 0. The van der Waals surface area contributed by atoms with E-state index in [2.05, 4.69) is 11.8 Å². The molecule has 20 heavy (non-hydrogen) atoms. The third-order valence-electron chi connectivity index (χ3n) is 4.00. The van der Waals surface area contributed by atoms with Gasteiger partial charge in [-0.1, -0.05) is 19.1 Å². The van der Waals surface area contributed by atoms with Gasteiger partial charge in [-0.3, -0.25) is 15.0 Å². The first-order valence-corrected chi connectivity index (χ1v) is 6.88. The van der Waals surface area contributed by atoms with Crippen molar-refractivity contribution < 1.29 is 9.31 Å². The lowest BCUT2D eigenvalue weighted by Gasteiger charge is -2.38. The molecule has 1 saturated heterocycles. The van der Waals surface area contributed by atoms with Gasteiger partial charge in [0.05, 0.1) is 4.92 Å². The average Bonchev–Trinajstić information content (AvgIpc) is 2.42. The first-order chi connectivity index (χ1) is 9.52. The largest absolute Gasteiger partial charge is 0.329 e. The Bertz CT molecular complexity index is 495. The lowest BCUT2D eigenvalue weighted by molar-refractivity contribution is -0.387. The SMILES string of the molecule is CC1CCN(Cc2cccc([N+](=O)[O-])c2F)C(CN)C1. The van der Waals surface area contributed by atoms with Crippen molar-refractivity contribution in [2.75, 3.05) is 13.1 Å². The van der Waals surface area contributed by atoms with Crippen LogP contribution in [0.4, 0.5) is 10.1 Å². The molecule has 1 aromatic carbocycles. The minimum Gasteiger partial charge on any atom is -0.329 e. The van der Waals surface area contributed by atoms with Crippen LogP contribution in [0.5, 0.6) is 0 Å². The lowest BCUT2D eigenvalue weighted by Crippen LogP contribution is -2.45. The molecule has 0 radical (unpaired) electrons. The summed E-state index contributed by atoms with van der Waals surface area (Å²) in [5.41, 5.74) is 5.69. The topological polar surface area (TPSA) is 72.4 Å². The summed E-state index contributed by atoms with van der Waals surface area (Å²) in [6.07, 6.45) is 2.04. The van der Waals surface area contributed by atoms with E-state index in [4.69, 9.17) is 5.73 Å². The molecule has 1 fully saturated rings. The molecule has 2 unspecified atom stereocenters. The Morgan fingerprint density at radius 2 is 2.30 bits per heavy atom. The van der Waals surface area contributed by atoms with Gasteiger partial charge in [0.15, 0.2) is 0 Å². The van der Waals surface area contributed by atoms with Gasteiger partial charge in [0, 0.05) is 30.8 Å². The van der Waals surface area contributed by atoms with Gasteiger partial charge in [-0.2, -0.15) is 4.39 Å². The fourth-order valence-corrected chi connectivity index (χ4v) is 2.80. The Balaban J connectivity index is 2.17. The number of nitro benzene ring substituents is 1. The van der Waals surface area contributed by atoms with Gasteiger partial charge in [0.25, 0.3) is 0 Å². The van der Waals surface area contributed by atoms with Gasteiger partial charge in [-0.25, -0.2) is 0 Å². The van der Waals surface area contributed by atoms with Crippen molar-refractivity contribution in [3.05, 3.63) is 39.7 Å². The second kappa shape index (κ2) is 6.28. The Morgan fingerprint density at radius 1 is 1.55 bits per heavy atom. The zero-order chi connectivity index (χ0) is 14.7. The molecule has 6 heteroatoms. The fourth-order valence-electron chi connectivity index (χ4n) is 2.80. The zero-order valence-electron chi connectivity index (χ0n) is 11.6. The molecule has 5 nitrogen and oxygen atoms in total. The van der Waals surface area contributed by atoms with Gasteiger partial charge >= 0.3 is 5.69 Å². The fraction of sp³-hybridized carbons (Fsp3) is 0.571. The molecule has 1 aromatic rings. The Labute approximate surface area is 117 Å². The molecule has 0 saturated carbocycles. The van der Waals surface area contributed by atoms with Crippen molar-refractivity contribution in [2.24, 2.45) is 11.7 Å². The molecule has 2 atom stereocenters. The predicted octanol–water partition coefficient (Wildman–Crippen LogP) is 2.29. The van der Waals surface area contributed by atoms with E-state index in [1.807, 2.05) is 0 Å². The third kappa shape index (κ3) is 3.13. The number of nitro groups is 1. The monoisotopic (exact) mass is 281 g/mol. The molecule has 1 aliphatic rings. The first kappa shape index (κ1) is 14.9. The summed E-state index contributed by atoms with van der Waals surface area (Å²) in [7, 11) is 0. The Kier molecular flexibility index (Phi) is 4.67. The van der Waals surface area contributed by atoms with Gasteiger partial charge in [-0.15, -0.1) is 0 Å². The van der Waals surface area contributed by atoms with Crippen LogP contribution in [0.25, 0.3) is 0 Å². The summed E-state index contributed by atoms with van der Waals surface area (Å²) in [5, 5.41) is 10.8. The summed E-state index contributed by atoms with van der Waals surface area (Å²) < 4.78 is 14.1. The van der Waals surface area contributed by atoms with E-state index in [1.54, 1.807) is 6.07 Å². The van der Waals surface area contributed by atoms with Gasteiger partial charge < -0.3 is 5.73 Å². The molecule has 0 aromatic heterocycles. The van der Waals surface area contributed by atoms with Crippen molar-refractivity contribution in [1.29, 1.82) is 0 Å².